The number of fused-ring (bicyclic) bond motifs is 1. The molecule has 1 amide bonds. The summed E-state index contributed by atoms with van der Waals surface area (Å²) in [6.07, 6.45) is 2.50. The zero-order valence-electron chi connectivity index (χ0n) is 14.3. The summed E-state index contributed by atoms with van der Waals surface area (Å²) in [4.78, 5) is 28.8. The number of carbonyl (C=O) groups excluding carboxylic acids is 1. The van der Waals surface area contributed by atoms with Gasteiger partial charge in [0.2, 0.25) is 5.91 Å². The van der Waals surface area contributed by atoms with Crippen molar-refractivity contribution < 1.29 is 37.8 Å². The molecule has 1 saturated carbocycles. The summed E-state index contributed by atoms with van der Waals surface area (Å²) in [5.74, 6) is -0.701. The summed E-state index contributed by atoms with van der Waals surface area (Å²) < 4.78 is 45.4. The number of nitrogens with two attached hydrogens (primary N) is 1. The van der Waals surface area contributed by atoms with Crippen LogP contribution in [0, 0.1) is 0 Å². The number of primary amides is 1. The van der Waals surface area contributed by atoms with Gasteiger partial charge in [-0.15, -0.1) is 11.3 Å². The fourth-order valence-electron chi connectivity index (χ4n) is 2.69. The average molecular weight is 500 g/mol. The molecule has 1 fully saturated rings. The van der Waals surface area contributed by atoms with Crippen LogP contribution in [0.3, 0.4) is 0 Å². The van der Waals surface area contributed by atoms with E-state index in [4.69, 9.17) is 20.3 Å². The SMILES string of the molecule is NC(=O)c1cc(OCCCC2(O)CC2)c2sc(C(F)(F)P(=O)(O)O)c(Br)c2c1. The molecule has 154 valence electrons. The summed E-state index contributed by atoms with van der Waals surface area (Å²) in [5.41, 5.74) is 0.239. The molecule has 1 aliphatic carbocycles. The van der Waals surface area contributed by atoms with Crippen molar-refractivity contribution in [1.82, 2.24) is 0 Å². The van der Waals surface area contributed by atoms with E-state index in [1.54, 1.807) is 0 Å². The van der Waals surface area contributed by atoms with Crippen LogP contribution < -0.4 is 10.5 Å². The first kappa shape index (κ1) is 21.6. The van der Waals surface area contributed by atoms with Crippen molar-refractivity contribution in [2.45, 2.75) is 36.9 Å². The molecule has 0 spiro atoms. The van der Waals surface area contributed by atoms with E-state index in [9.17, 15) is 23.2 Å². The first-order valence-corrected chi connectivity index (χ1v) is 11.4. The van der Waals surface area contributed by atoms with Gasteiger partial charge in [-0.25, -0.2) is 0 Å². The van der Waals surface area contributed by atoms with E-state index in [1.165, 1.54) is 12.1 Å². The van der Waals surface area contributed by atoms with E-state index in [2.05, 4.69) is 15.9 Å². The maximum Gasteiger partial charge on any atom is 0.400 e. The van der Waals surface area contributed by atoms with Crippen LogP contribution in [0.5, 0.6) is 5.75 Å². The number of thiophene rings is 1. The van der Waals surface area contributed by atoms with Crippen molar-refractivity contribution in [3.8, 4) is 5.75 Å². The molecule has 1 heterocycles. The van der Waals surface area contributed by atoms with Crippen molar-refractivity contribution >= 4 is 50.9 Å². The summed E-state index contributed by atoms with van der Waals surface area (Å²) in [6, 6.07) is 2.57. The third-order valence-electron chi connectivity index (χ3n) is 4.49. The quantitative estimate of drug-likeness (QED) is 0.323. The number of alkyl halides is 2. The summed E-state index contributed by atoms with van der Waals surface area (Å²) >= 11 is 3.43. The smallest absolute Gasteiger partial charge is 0.400 e. The van der Waals surface area contributed by atoms with Crippen molar-refractivity contribution in [3.63, 3.8) is 0 Å². The van der Waals surface area contributed by atoms with Gasteiger partial charge >= 0.3 is 13.3 Å². The number of hydrogen-bond acceptors (Lipinski definition) is 5. The molecular formula is C16H17BrF2NO6PS. The minimum Gasteiger partial charge on any atom is -0.492 e. The van der Waals surface area contributed by atoms with E-state index < -0.39 is 29.6 Å². The number of ether oxygens (including phenoxy) is 1. The highest BCUT2D eigenvalue weighted by Gasteiger charge is 2.53. The number of carbonyl (C=O) groups is 1. The molecule has 12 heteroatoms. The van der Waals surface area contributed by atoms with Gasteiger partial charge in [0, 0.05) is 15.4 Å². The fraction of sp³-hybridized carbons (Fsp3) is 0.438. The van der Waals surface area contributed by atoms with E-state index in [1.807, 2.05) is 0 Å². The van der Waals surface area contributed by atoms with Gasteiger partial charge in [0.15, 0.2) is 0 Å². The van der Waals surface area contributed by atoms with E-state index in [0.717, 1.165) is 12.8 Å². The predicted molar refractivity (Wildman–Crippen MR) is 103 cm³/mol. The molecule has 1 aliphatic rings. The Balaban J connectivity index is 2.00. The Labute approximate surface area is 170 Å². The van der Waals surface area contributed by atoms with Crippen molar-refractivity contribution in [2.24, 2.45) is 5.73 Å². The Hall–Kier alpha value is -1.10. The number of rotatable bonds is 8. The minimum absolute atomic E-state index is 0.00728. The first-order valence-electron chi connectivity index (χ1n) is 8.21. The Kier molecular flexibility index (Phi) is 5.63. The number of aliphatic hydroxyl groups is 1. The second-order valence-corrected chi connectivity index (χ2v) is 10.2. The fourth-order valence-corrected chi connectivity index (χ4v) is 5.67. The van der Waals surface area contributed by atoms with E-state index in [-0.39, 0.29) is 32.5 Å². The summed E-state index contributed by atoms with van der Waals surface area (Å²) in [6.45, 7) is 0.166. The minimum atomic E-state index is -5.77. The molecule has 0 atom stereocenters. The average Bonchev–Trinajstić information content (AvgIpc) is 3.22. The van der Waals surface area contributed by atoms with Gasteiger partial charge in [-0.2, -0.15) is 8.78 Å². The van der Waals surface area contributed by atoms with E-state index >= 15 is 0 Å². The lowest BCUT2D eigenvalue weighted by Gasteiger charge is -2.16. The van der Waals surface area contributed by atoms with Crippen LogP contribution in [0.25, 0.3) is 10.1 Å². The number of hydrogen-bond donors (Lipinski definition) is 4. The van der Waals surface area contributed by atoms with Gasteiger partial charge in [-0.05, 0) is 53.7 Å². The lowest BCUT2D eigenvalue weighted by molar-refractivity contribution is 0.0595. The van der Waals surface area contributed by atoms with Gasteiger partial charge in [-0.3, -0.25) is 9.36 Å². The molecule has 0 aliphatic heterocycles. The molecule has 1 aromatic carbocycles. The molecule has 0 bridgehead atoms. The third-order valence-corrected chi connectivity index (χ3v) is 7.97. The molecule has 2 aromatic rings. The zero-order valence-corrected chi connectivity index (χ0v) is 17.6. The molecule has 0 radical (unpaired) electrons. The highest BCUT2D eigenvalue weighted by atomic mass is 79.9. The van der Waals surface area contributed by atoms with Crippen LogP contribution in [0.4, 0.5) is 8.78 Å². The summed E-state index contributed by atoms with van der Waals surface area (Å²) in [5, 5.41) is 9.98. The number of benzene rings is 1. The van der Waals surface area contributed by atoms with Crippen molar-refractivity contribution in [2.75, 3.05) is 6.61 Å². The van der Waals surface area contributed by atoms with Crippen LogP contribution in [-0.4, -0.2) is 33.0 Å². The van der Waals surface area contributed by atoms with Crippen LogP contribution in [0.1, 0.15) is 40.9 Å². The largest absolute Gasteiger partial charge is 0.492 e. The predicted octanol–water partition coefficient (Wildman–Crippen LogP) is 3.67. The second-order valence-electron chi connectivity index (χ2n) is 6.72. The second kappa shape index (κ2) is 7.30. The number of amides is 1. The van der Waals surface area contributed by atoms with Gasteiger partial charge < -0.3 is 25.4 Å². The third kappa shape index (κ3) is 4.10. The molecular weight excluding hydrogens is 483 g/mol. The van der Waals surface area contributed by atoms with Crippen molar-refractivity contribution in [1.29, 1.82) is 0 Å². The molecule has 28 heavy (non-hydrogen) atoms. The van der Waals surface area contributed by atoms with Crippen LogP contribution >= 0.6 is 34.9 Å². The topological polar surface area (TPSA) is 130 Å². The van der Waals surface area contributed by atoms with Gasteiger partial charge in [-0.1, -0.05) is 0 Å². The van der Waals surface area contributed by atoms with E-state index in [0.29, 0.717) is 24.2 Å². The van der Waals surface area contributed by atoms with Gasteiger partial charge in [0.25, 0.3) is 0 Å². The van der Waals surface area contributed by atoms with Crippen LogP contribution in [0.15, 0.2) is 16.6 Å². The standard InChI is InChI=1S/C16H17BrF2NO6PS/c17-11-9-6-8(14(20)21)7-10(26-5-1-2-15(22)3-4-15)12(9)28-13(11)16(18,19)27(23,24)25/h6-7,22H,1-5H2,(H2,20,21)(H2,23,24,25). The molecule has 0 unspecified atom stereocenters. The Morgan fingerprint density at radius 2 is 2.04 bits per heavy atom. The lowest BCUT2D eigenvalue weighted by atomic mass is 10.1. The van der Waals surface area contributed by atoms with Gasteiger partial charge in [0.05, 0.1) is 16.9 Å². The lowest BCUT2D eigenvalue weighted by Crippen LogP contribution is -2.12. The molecule has 0 saturated heterocycles. The maximum atomic E-state index is 14.3. The molecule has 5 N–H and O–H groups in total. The van der Waals surface area contributed by atoms with Crippen LogP contribution in [0.2, 0.25) is 0 Å². The first-order chi connectivity index (χ1) is 12.9. The van der Waals surface area contributed by atoms with Crippen molar-refractivity contribution in [3.05, 3.63) is 27.0 Å². The highest BCUT2D eigenvalue weighted by Crippen LogP contribution is 2.63. The monoisotopic (exact) mass is 499 g/mol. The summed E-state index contributed by atoms with van der Waals surface area (Å²) in [7, 11) is -5.77. The molecule has 7 nitrogen and oxygen atoms in total. The Morgan fingerprint density at radius 1 is 1.39 bits per heavy atom. The number of halogens is 3. The maximum absolute atomic E-state index is 14.3. The highest BCUT2D eigenvalue weighted by molar-refractivity contribution is 9.10. The zero-order chi connectivity index (χ0) is 20.9. The molecule has 3 rings (SSSR count). The Morgan fingerprint density at radius 3 is 2.57 bits per heavy atom. The van der Waals surface area contributed by atoms with Gasteiger partial charge in [0.1, 0.15) is 10.6 Å². The van der Waals surface area contributed by atoms with Crippen LogP contribution in [-0.2, 0) is 10.2 Å². The normalized spacial score (nSPS) is 16.4. The Bertz CT molecular complexity index is 987. The molecule has 1 aromatic heterocycles.